The molecule has 0 atom stereocenters. The summed E-state index contributed by atoms with van der Waals surface area (Å²) in [5.41, 5.74) is 1.40. The van der Waals surface area contributed by atoms with Gasteiger partial charge < -0.3 is 9.47 Å². The first-order chi connectivity index (χ1) is 8.04. The van der Waals surface area contributed by atoms with Gasteiger partial charge in [0.1, 0.15) is 0 Å². The molecule has 0 aromatic heterocycles. The Hall–Kier alpha value is -2.10. The van der Waals surface area contributed by atoms with Gasteiger partial charge in [0.25, 0.3) is 0 Å². The van der Waals surface area contributed by atoms with Crippen LogP contribution >= 0.6 is 0 Å². The lowest BCUT2D eigenvalue weighted by Gasteiger charge is -2.06. The number of rotatable bonds is 4. The van der Waals surface area contributed by atoms with Crippen LogP contribution in [0.1, 0.15) is 22.8 Å². The van der Waals surface area contributed by atoms with Crippen LogP contribution in [0.2, 0.25) is 0 Å². The topological polar surface area (TPSA) is 52.6 Å². The van der Waals surface area contributed by atoms with Gasteiger partial charge in [-0.1, -0.05) is 17.7 Å². The van der Waals surface area contributed by atoms with Crippen molar-refractivity contribution in [3.05, 3.63) is 47.7 Å². The molecule has 0 fully saturated rings. The largest absolute Gasteiger partial charge is 0.460 e. The van der Waals surface area contributed by atoms with Gasteiger partial charge in [-0.05, 0) is 32.6 Å². The van der Waals surface area contributed by atoms with Crippen molar-refractivity contribution < 1.29 is 19.1 Å². The molecule has 4 nitrogen and oxygen atoms in total. The number of hydrogen-bond acceptors (Lipinski definition) is 4. The van der Waals surface area contributed by atoms with Crippen LogP contribution in [0.3, 0.4) is 0 Å². The molecule has 0 N–H and O–H groups in total. The van der Waals surface area contributed by atoms with Gasteiger partial charge in [-0.15, -0.1) is 0 Å². The average Bonchev–Trinajstić information content (AvgIpc) is 2.30. The minimum atomic E-state index is -0.729. The molecule has 0 spiro atoms. The smallest absolute Gasteiger partial charge is 0.373 e. The van der Waals surface area contributed by atoms with Gasteiger partial charge in [0, 0.05) is 0 Å². The normalized spacial score (nSPS) is 9.53. The summed E-state index contributed by atoms with van der Waals surface area (Å²) in [6, 6.07) is 6.81. The average molecular weight is 234 g/mol. The fourth-order valence-corrected chi connectivity index (χ4v) is 1.11. The number of ether oxygens (including phenoxy) is 2. The molecular weight excluding hydrogens is 220 g/mol. The van der Waals surface area contributed by atoms with Crippen molar-refractivity contribution in [3.63, 3.8) is 0 Å². The molecule has 17 heavy (non-hydrogen) atoms. The SMILES string of the molecule is C=C(OC(=O)c1ccc(C)cc1)C(=O)OCC. The molecule has 0 aliphatic carbocycles. The molecule has 0 aliphatic heterocycles. The number of carbonyl (C=O) groups excluding carboxylic acids is 2. The molecule has 0 bridgehead atoms. The molecule has 0 aliphatic rings. The maximum Gasteiger partial charge on any atom is 0.373 e. The van der Waals surface area contributed by atoms with Gasteiger partial charge in [0.05, 0.1) is 12.2 Å². The molecule has 90 valence electrons. The number of benzene rings is 1. The van der Waals surface area contributed by atoms with Crippen LogP contribution in [0.4, 0.5) is 0 Å². The second kappa shape index (κ2) is 5.84. The van der Waals surface area contributed by atoms with Gasteiger partial charge in [-0.25, -0.2) is 9.59 Å². The summed E-state index contributed by atoms with van der Waals surface area (Å²) in [6.45, 7) is 7.12. The summed E-state index contributed by atoms with van der Waals surface area (Å²) < 4.78 is 9.43. The lowest BCUT2D eigenvalue weighted by atomic mass is 10.1. The standard InChI is InChI=1S/C13H14O4/c1-4-16-12(14)10(3)17-13(15)11-7-5-9(2)6-8-11/h5-8H,3-4H2,1-2H3. The zero-order valence-corrected chi connectivity index (χ0v) is 9.86. The van der Waals surface area contributed by atoms with Gasteiger partial charge in [0.2, 0.25) is 5.76 Å². The Kier molecular flexibility index (Phi) is 4.46. The third kappa shape index (κ3) is 3.75. The van der Waals surface area contributed by atoms with Crippen molar-refractivity contribution in [3.8, 4) is 0 Å². The second-order valence-electron chi connectivity index (χ2n) is 3.40. The van der Waals surface area contributed by atoms with Gasteiger partial charge in [-0.2, -0.15) is 0 Å². The van der Waals surface area contributed by atoms with E-state index in [0.717, 1.165) is 5.56 Å². The third-order valence-electron chi connectivity index (χ3n) is 2.01. The van der Waals surface area contributed by atoms with Crippen molar-refractivity contribution in [2.75, 3.05) is 6.61 Å². The molecule has 0 amide bonds. The summed E-state index contributed by atoms with van der Waals surface area (Å²) in [4.78, 5) is 22.7. The van der Waals surface area contributed by atoms with Crippen LogP contribution in [0.25, 0.3) is 0 Å². The predicted octanol–water partition coefficient (Wildman–Crippen LogP) is 2.23. The zero-order chi connectivity index (χ0) is 12.8. The lowest BCUT2D eigenvalue weighted by Crippen LogP contribution is -2.13. The summed E-state index contributed by atoms with van der Waals surface area (Å²) >= 11 is 0. The van der Waals surface area contributed by atoms with Crippen molar-refractivity contribution >= 4 is 11.9 Å². The monoisotopic (exact) mass is 234 g/mol. The van der Waals surface area contributed by atoms with E-state index in [1.54, 1.807) is 31.2 Å². The molecular formula is C13H14O4. The minimum Gasteiger partial charge on any atom is -0.460 e. The Morgan fingerprint density at radius 2 is 1.82 bits per heavy atom. The number of carbonyl (C=O) groups is 2. The van der Waals surface area contributed by atoms with E-state index in [4.69, 9.17) is 4.74 Å². The van der Waals surface area contributed by atoms with Crippen LogP contribution in [-0.2, 0) is 14.3 Å². The Bertz CT molecular complexity index is 431. The van der Waals surface area contributed by atoms with E-state index in [1.165, 1.54) is 0 Å². The Morgan fingerprint density at radius 1 is 1.24 bits per heavy atom. The number of aryl methyl sites for hydroxylation is 1. The van der Waals surface area contributed by atoms with E-state index in [2.05, 4.69) is 11.3 Å². The molecule has 0 unspecified atom stereocenters. The highest BCUT2D eigenvalue weighted by atomic mass is 16.6. The number of esters is 2. The highest BCUT2D eigenvalue weighted by Gasteiger charge is 2.15. The van der Waals surface area contributed by atoms with E-state index in [1.807, 2.05) is 6.92 Å². The van der Waals surface area contributed by atoms with Gasteiger partial charge in [-0.3, -0.25) is 0 Å². The second-order valence-corrected chi connectivity index (χ2v) is 3.40. The van der Waals surface area contributed by atoms with Crippen LogP contribution < -0.4 is 0 Å². The highest BCUT2D eigenvalue weighted by Crippen LogP contribution is 2.08. The van der Waals surface area contributed by atoms with E-state index in [-0.39, 0.29) is 12.4 Å². The van der Waals surface area contributed by atoms with E-state index in [9.17, 15) is 9.59 Å². The predicted molar refractivity (Wildman–Crippen MR) is 62.4 cm³/mol. The first-order valence-electron chi connectivity index (χ1n) is 5.19. The van der Waals surface area contributed by atoms with Crippen LogP contribution in [0.5, 0.6) is 0 Å². The summed E-state index contributed by atoms with van der Waals surface area (Å²) in [6.07, 6.45) is 0. The zero-order valence-electron chi connectivity index (χ0n) is 9.86. The molecule has 1 rings (SSSR count). The van der Waals surface area contributed by atoms with Gasteiger partial charge in [0.15, 0.2) is 0 Å². The lowest BCUT2D eigenvalue weighted by molar-refractivity contribution is -0.141. The first kappa shape index (κ1) is 13.0. The summed E-state index contributed by atoms with van der Waals surface area (Å²) in [7, 11) is 0. The molecule has 0 radical (unpaired) electrons. The van der Waals surface area contributed by atoms with Crippen LogP contribution in [-0.4, -0.2) is 18.5 Å². The highest BCUT2D eigenvalue weighted by molar-refractivity contribution is 5.95. The van der Waals surface area contributed by atoms with Crippen LogP contribution in [0, 0.1) is 6.92 Å². The fourth-order valence-electron chi connectivity index (χ4n) is 1.11. The third-order valence-corrected chi connectivity index (χ3v) is 2.01. The molecule has 1 aromatic carbocycles. The van der Waals surface area contributed by atoms with Crippen molar-refractivity contribution in [1.29, 1.82) is 0 Å². The fraction of sp³-hybridized carbons (Fsp3) is 0.231. The Morgan fingerprint density at radius 3 is 2.35 bits per heavy atom. The van der Waals surface area contributed by atoms with Crippen molar-refractivity contribution in [2.45, 2.75) is 13.8 Å². The van der Waals surface area contributed by atoms with E-state index < -0.39 is 11.9 Å². The van der Waals surface area contributed by atoms with E-state index in [0.29, 0.717) is 5.56 Å². The maximum absolute atomic E-state index is 11.6. The quantitative estimate of drug-likeness (QED) is 0.455. The van der Waals surface area contributed by atoms with E-state index >= 15 is 0 Å². The molecule has 0 saturated carbocycles. The van der Waals surface area contributed by atoms with Crippen LogP contribution in [0.15, 0.2) is 36.6 Å². The van der Waals surface area contributed by atoms with Crippen molar-refractivity contribution in [1.82, 2.24) is 0 Å². The summed E-state index contributed by atoms with van der Waals surface area (Å²) in [5.74, 6) is -1.66. The number of hydrogen-bond donors (Lipinski definition) is 0. The van der Waals surface area contributed by atoms with Crippen molar-refractivity contribution in [2.24, 2.45) is 0 Å². The maximum atomic E-state index is 11.6. The molecule has 0 saturated heterocycles. The van der Waals surface area contributed by atoms with Gasteiger partial charge >= 0.3 is 11.9 Å². The Labute approximate surface area is 99.8 Å². The molecule has 1 aromatic rings. The molecule has 0 heterocycles. The summed E-state index contributed by atoms with van der Waals surface area (Å²) in [5, 5.41) is 0. The Balaban J connectivity index is 2.63. The minimum absolute atomic E-state index is 0.208. The molecule has 4 heteroatoms. The first-order valence-corrected chi connectivity index (χ1v) is 5.19.